The molecule has 1 fully saturated rings. The molecule has 2 aromatic carbocycles. The lowest BCUT2D eigenvalue weighted by Crippen LogP contribution is -2.22. The summed E-state index contributed by atoms with van der Waals surface area (Å²) in [6.45, 7) is 0.831. The van der Waals surface area contributed by atoms with E-state index in [4.69, 9.17) is 21.7 Å². The van der Waals surface area contributed by atoms with Crippen LogP contribution in [-0.2, 0) is 4.79 Å². The zero-order chi connectivity index (χ0) is 17.5. The highest BCUT2D eigenvalue weighted by molar-refractivity contribution is 8.23. The van der Waals surface area contributed by atoms with Gasteiger partial charge in [-0.3, -0.25) is 4.79 Å². The molecule has 0 aromatic heterocycles. The number of thioether (sulfide) groups is 1. The van der Waals surface area contributed by atoms with Crippen molar-refractivity contribution in [2.24, 2.45) is 5.10 Å². The standard InChI is InChI=1S/C18H16N2O3S2/c21-17-13-25-18(24)20(17)19-12-14-6-4-5-9-16(14)23-11-10-22-15-7-2-1-3-8-15/h1-9,12H,10-11,13H2/b19-12+. The number of ether oxygens (including phenoxy) is 2. The first kappa shape index (κ1) is 17.4. The minimum Gasteiger partial charge on any atom is -0.490 e. The highest BCUT2D eigenvalue weighted by Crippen LogP contribution is 2.21. The van der Waals surface area contributed by atoms with Gasteiger partial charge >= 0.3 is 0 Å². The summed E-state index contributed by atoms with van der Waals surface area (Å²) < 4.78 is 11.8. The molecule has 1 aliphatic rings. The van der Waals surface area contributed by atoms with Gasteiger partial charge < -0.3 is 9.47 Å². The van der Waals surface area contributed by atoms with E-state index >= 15 is 0 Å². The molecule has 25 heavy (non-hydrogen) atoms. The van der Waals surface area contributed by atoms with Crippen molar-refractivity contribution in [3.8, 4) is 11.5 Å². The van der Waals surface area contributed by atoms with E-state index in [9.17, 15) is 4.79 Å². The third-order valence-electron chi connectivity index (χ3n) is 3.31. The molecule has 0 bridgehead atoms. The van der Waals surface area contributed by atoms with Gasteiger partial charge in [0.15, 0.2) is 4.32 Å². The molecular formula is C18H16N2O3S2. The summed E-state index contributed by atoms with van der Waals surface area (Å²) in [5, 5.41) is 5.42. The second kappa shape index (κ2) is 8.64. The second-order valence-electron chi connectivity index (χ2n) is 5.05. The minimum absolute atomic E-state index is 0.110. The summed E-state index contributed by atoms with van der Waals surface area (Å²) >= 11 is 6.42. The van der Waals surface area contributed by atoms with E-state index in [1.165, 1.54) is 16.8 Å². The third-order valence-corrected chi connectivity index (χ3v) is 4.65. The summed E-state index contributed by atoms with van der Waals surface area (Å²) in [5.74, 6) is 1.71. The molecule has 3 rings (SSSR count). The maximum Gasteiger partial charge on any atom is 0.259 e. The van der Waals surface area contributed by atoms with Gasteiger partial charge in [-0.25, -0.2) is 0 Å². The first-order chi connectivity index (χ1) is 12.2. The fourth-order valence-electron chi connectivity index (χ4n) is 2.13. The number of hydrogen-bond donors (Lipinski definition) is 0. The van der Waals surface area contributed by atoms with Gasteiger partial charge in [-0.2, -0.15) is 10.1 Å². The van der Waals surface area contributed by atoms with Crippen LogP contribution in [0.15, 0.2) is 59.7 Å². The summed E-state index contributed by atoms with van der Waals surface area (Å²) in [6, 6.07) is 17.1. The van der Waals surface area contributed by atoms with Gasteiger partial charge in [0, 0.05) is 5.56 Å². The number of nitrogens with zero attached hydrogens (tertiary/aromatic N) is 2. The van der Waals surface area contributed by atoms with Crippen molar-refractivity contribution in [3.63, 3.8) is 0 Å². The number of carbonyl (C=O) groups is 1. The second-order valence-corrected chi connectivity index (χ2v) is 6.66. The van der Waals surface area contributed by atoms with Crippen molar-refractivity contribution in [2.75, 3.05) is 19.0 Å². The third kappa shape index (κ3) is 4.80. The Morgan fingerprint density at radius 1 is 1.08 bits per heavy atom. The Hall–Kier alpha value is -2.38. The van der Waals surface area contributed by atoms with E-state index in [2.05, 4.69) is 5.10 Å². The van der Waals surface area contributed by atoms with Gasteiger partial charge in [0.2, 0.25) is 0 Å². The molecule has 1 amide bonds. The van der Waals surface area contributed by atoms with Crippen molar-refractivity contribution in [1.29, 1.82) is 0 Å². The smallest absolute Gasteiger partial charge is 0.259 e. The number of benzene rings is 2. The Labute approximate surface area is 155 Å². The van der Waals surface area contributed by atoms with Crippen molar-refractivity contribution in [3.05, 3.63) is 60.2 Å². The van der Waals surface area contributed by atoms with Crippen LogP contribution in [0.2, 0.25) is 0 Å². The van der Waals surface area contributed by atoms with Gasteiger partial charge in [0.25, 0.3) is 5.91 Å². The number of para-hydroxylation sites is 2. The topological polar surface area (TPSA) is 51.1 Å². The quantitative estimate of drug-likeness (QED) is 0.424. The summed E-state index contributed by atoms with van der Waals surface area (Å²) in [5.41, 5.74) is 0.773. The zero-order valence-corrected chi connectivity index (χ0v) is 15.0. The first-order valence-corrected chi connectivity index (χ1v) is 9.07. The van der Waals surface area contributed by atoms with Crippen LogP contribution >= 0.6 is 24.0 Å². The van der Waals surface area contributed by atoms with Gasteiger partial charge in [-0.15, -0.1) is 0 Å². The molecule has 0 spiro atoms. The number of rotatable bonds is 7. The van der Waals surface area contributed by atoms with Gasteiger partial charge in [0.05, 0.1) is 12.0 Å². The molecule has 0 radical (unpaired) electrons. The Morgan fingerprint density at radius 3 is 2.56 bits per heavy atom. The highest BCUT2D eigenvalue weighted by atomic mass is 32.2. The predicted octanol–water partition coefficient (Wildman–Crippen LogP) is 3.34. The molecule has 1 aliphatic heterocycles. The van der Waals surface area contributed by atoms with Crippen LogP contribution in [0, 0.1) is 0 Å². The molecule has 0 N–H and O–H groups in total. The Balaban J connectivity index is 1.57. The fourth-order valence-corrected chi connectivity index (χ4v) is 3.09. The van der Waals surface area contributed by atoms with Gasteiger partial charge in [0.1, 0.15) is 24.7 Å². The molecule has 0 aliphatic carbocycles. The van der Waals surface area contributed by atoms with Crippen LogP contribution in [0.1, 0.15) is 5.56 Å². The van der Waals surface area contributed by atoms with Crippen molar-refractivity contribution < 1.29 is 14.3 Å². The monoisotopic (exact) mass is 372 g/mol. The maximum atomic E-state index is 11.7. The zero-order valence-electron chi connectivity index (χ0n) is 13.3. The largest absolute Gasteiger partial charge is 0.490 e. The molecule has 2 aromatic rings. The van der Waals surface area contributed by atoms with Crippen molar-refractivity contribution >= 4 is 40.4 Å². The van der Waals surface area contributed by atoms with E-state index in [1.54, 1.807) is 6.21 Å². The molecule has 5 nitrogen and oxygen atoms in total. The number of carbonyl (C=O) groups excluding carboxylic acids is 1. The predicted molar refractivity (Wildman–Crippen MR) is 103 cm³/mol. The number of thiocarbonyl (C=S) groups is 1. The Kier molecular flexibility index (Phi) is 6.03. The normalized spacial score (nSPS) is 14.3. The number of amides is 1. The van der Waals surface area contributed by atoms with E-state index in [-0.39, 0.29) is 5.91 Å². The molecule has 1 heterocycles. The minimum atomic E-state index is -0.110. The van der Waals surface area contributed by atoms with Gasteiger partial charge in [-0.05, 0) is 24.3 Å². The fraction of sp³-hybridized carbons (Fsp3) is 0.167. The van der Waals surface area contributed by atoms with E-state index in [1.807, 2.05) is 54.6 Å². The molecule has 0 atom stereocenters. The van der Waals surface area contributed by atoms with Crippen LogP contribution in [0.5, 0.6) is 11.5 Å². The maximum absolute atomic E-state index is 11.7. The summed E-state index contributed by atoms with van der Waals surface area (Å²) in [7, 11) is 0. The molecule has 0 saturated carbocycles. The molecule has 1 saturated heterocycles. The Morgan fingerprint density at radius 2 is 1.80 bits per heavy atom. The van der Waals surface area contributed by atoms with Crippen LogP contribution in [0.4, 0.5) is 0 Å². The van der Waals surface area contributed by atoms with E-state index in [0.29, 0.717) is 29.0 Å². The lowest BCUT2D eigenvalue weighted by Gasteiger charge is -2.11. The van der Waals surface area contributed by atoms with E-state index in [0.717, 1.165) is 11.3 Å². The summed E-state index contributed by atoms with van der Waals surface area (Å²) in [4.78, 5) is 11.7. The van der Waals surface area contributed by atoms with Crippen LogP contribution in [0.3, 0.4) is 0 Å². The lowest BCUT2D eigenvalue weighted by molar-refractivity contribution is -0.123. The van der Waals surface area contributed by atoms with E-state index < -0.39 is 0 Å². The molecule has 0 unspecified atom stereocenters. The molecule has 7 heteroatoms. The SMILES string of the molecule is O=C1CSC(=S)N1/N=C/c1ccccc1OCCOc1ccccc1. The average molecular weight is 372 g/mol. The van der Waals surface area contributed by atoms with Gasteiger partial charge in [-0.1, -0.05) is 54.3 Å². The Bertz CT molecular complexity index is 765. The first-order valence-electron chi connectivity index (χ1n) is 7.67. The van der Waals surface area contributed by atoms with Crippen LogP contribution < -0.4 is 9.47 Å². The molecule has 128 valence electrons. The van der Waals surface area contributed by atoms with Crippen molar-refractivity contribution in [1.82, 2.24) is 5.01 Å². The van der Waals surface area contributed by atoms with Crippen molar-refractivity contribution in [2.45, 2.75) is 0 Å². The average Bonchev–Trinajstić information content (AvgIpc) is 2.97. The van der Waals surface area contributed by atoms with Crippen LogP contribution in [-0.4, -0.2) is 40.4 Å². The number of hydrazone groups is 1. The molecular weight excluding hydrogens is 356 g/mol. The highest BCUT2D eigenvalue weighted by Gasteiger charge is 2.26. The summed E-state index contributed by atoms with van der Waals surface area (Å²) in [6.07, 6.45) is 1.59. The number of hydrogen-bond acceptors (Lipinski definition) is 6. The van der Waals surface area contributed by atoms with Crippen LogP contribution in [0.25, 0.3) is 0 Å². The lowest BCUT2D eigenvalue weighted by atomic mass is 10.2.